The van der Waals surface area contributed by atoms with E-state index in [2.05, 4.69) is 14.9 Å². The number of anilines is 2. The van der Waals surface area contributed by atoms with Crippen LogP contribution >= 0.6 is 0 Å². The van der Waals surface area contributed by atoms with Crippen molar-refractivity contribution in [3.05, 3.63) is 59.7 Å². The molecule has 9 nitrogen and oxygen atoms in total. The molecule has 0 radical (unpaired) electrons. The number of nitrogens with zero attached hydrogens (tertiary/aromatic N) is 1. The predicted octanol–water partition coefficient (Wildman–Crippen LogP) is 2.63. The van der Waals surface area contributed by atoms with Crippen molar-refractivity contribution in [3.63, 3.8) is 0 Å². The molecule has 3 rings (SSSR count). The second-order valence-electron chi connectivity index (χ2n) is 8.51. The highest BCUT2D eigenvalue weighted by molar-refractivity contribution is 7.92. The van der Waals surface area contributed by atoms with Gasteiger partial charge in [0.05, 0.1) is 24.7 Å². The second kappa shape index (κ2) is 12.1. The van der Waals surface area contributed by atoms with E-state index in [9.17, 15) is 23.4 Å². The Labute approximate surface area is 206 Å². The summed E-state index contributed by atoms with van der Waals surface area (Å²) < 4.78 is 30.1. The number of nitrogens with one attached hydrogen (secondary N) is 2. The molecule has 2 aromatic carbocycles. The van der Waals surface area contributed by atoms with E-state index in [4.69, 9.17) is 4.74 Å². The summed E-state index contributed by atoms with van der Waals surface area (Å²) in [6.45, 7) is 4.18. The molecule has 0 unspecified atom stereocenters. The Morgan fingerprint density at radius 1 is 1.20 bits per heavy atom. The molecule has 35 heavy (non-hydrogen) atoms. The predicted molar refractivity (Wildman–Crippen MR) is 137 cm³/mol. The van der Waals surface area contributed by atoms with Gasteiger partial charge >= 0.3 is 5.97 Å². The molecule has 1 atom stereocenters. The number of aliphatic hydroxyl groups excluding tert-OH is 1. The average molecular weight is 504 g/mol. The number of esters is 1. The first kappa shape index (κ1) is 26.5. The molecule has 1 fully saturated rings. The fourth-order valence-electron chi connectivity index (χ4n) is 3.93. The number of phenolic OH excluding ortho intramolecular Hbond substituents is 1. The van der Waals surface area contributed by atoms with Gasteiger partial charge in [-0.1, -0.05) is 18.2 Å². The number of carbonyl (C=O) groups excluding carboxylic acids is 1. The maximum atomic E-state index is 11.5. The molecule has 0 bridgehead atoms. The van der Waals surface area contributed by atoms with Crippen molar-refractivity contribution in [3.8, 4) is 5.75 Å². The zero-order valence-electron chi connectivity index (χ0n) is 20.0. The van der Waals surface area contributed by atoms with E-state index in [1.54, 1.807) is 19.1 Å². The standard InChI is InChI=1S/C25H33N3O6S/c1-3-34-25(31)11-6-18-4-8-21(9-5-18)28-14-12-20(13-15-28)26-17-24(30)19-7-10-23(29)22(16-19)27-35(2,32)33/h4-11,16,20,24,26-27,29-30H,3,12-15,17H2,1-2H3/t24-/m1/s1. The summed E-state index contributed by atoms with van der Waals surface area (Å²) in [4.78, 5) is 13.7. The van der Waals surface area contributed by atoms with Crippen LogP contribution < -0.4 is 14.9 Å². The van der Waals surface area contributed by atoms with Crippen molar-refractivity contribution in [1.82, 2.24) is 5.32 Å². The zero-order chi connectivity index (χ0) is 25.4. The van der Waals surface area contributed by atoms with E-state index in [-0.39, 0.29) is 23.4 Å². The van der Waals surface area contributed by atoms with Gasteiger partial charge in [-0.2, -0.15) is 0 Å². The number of phenols is 1. The Morgan fingerprint density at radius 2 is 1.89 bits per heavy atom. The van der Waals surface area contributed by atoms with Crippen LogP contribution in [0, 0.1) is 0 Å². The van der Waals surface area contributed by atoms with Crippen LogP contribution in [-0.4, -0.2) is 63.1 Å². The summed E-state index contributed by atoms with van der Waals surface area (Å²) in [5.41, 5.74) is 2.60. The highest BCUT2D eigenvalue weighted by Crippen LogP contribution is 2.28. The van der Waals surface area contributed by atoms with E-state index in [1.165, 1.54) is 18.2 Å². The molecule has 10 heteroatoms. The van der Waals surface area contributed by atoms with Crippen LogP contribution in [0.25, 0.3) is 6.08 Å². The van der Waals surface area contributed by atoms with Gasteiger partial charge in [-0.25, -0.2) is 13.2 Å². The molecule has 0 spiro atoms. The maximum absolute atomic E-state index is 11.5. The Bertz CT molecular complexity index is 1130. The summed E-state index contributed by atoms with van der Waals surface area (Å²) in [6, 6.07) is 12.6. The summed E-state index contributed by atoms with van der Waals surface area (Å²) in [5.74, 6) is -0.553. The van der Waals surface area contributed by atoms with Gasteiger partial charge in [-0.3, -0.25) is 4.72 Å². The van der Waals surface area contributed by atoms with Crippen LogP contribution in [0.5, 0.6) is 5.75 Å². The number of rotatable bonds is 10. The third-order valence-corrected chi connectivity index (χ3v) is 6.34. The lowest BCUT2D eigenvalue weighted by Crippen LogP contribution is -2.43. The topological polar surface area (TPSA) is 128 Å². The molecule has 1 saturated heterocycles. The van der Waals surface area contributed by atoms with Crippen molar-refractivity contribution in [1.29, 1.82) is 0 Å². The summed E-state index contributed by atoms with van der Waals surface area (Å²) in [6.07, 6.45) is 5.13. The van der Waals surface area contributed by atoms with Crippen LogP contribution in [0.3, 0.4) is 0 Å². The monoisotopic (exact) mass is 503 g/mol. The van der Waals surface area contributed by atoms with Crippen LogP contribution in [-0.2, 0) is 19.6 Å². The normalized spacial score (nSPS) is 15.8. The Hall–Kier alpha value is -3.08. The Balaban J connectivity index is 1.47. The molecule has 1 aliphatic heterocycles. The minimum absolute atomic E-state index is 0.0414. The molecular formula is C25H33N3O6S. The second-order valence-corrected chi connectivity index (χ2v) is 10.3. The first-order chi connectivity index (χ1) is 16.6. The Kier molecular flexibility index (Phi) is 9.13. The lowest BCUT2D eigenvalue weighted by atomic mass is 10.0. The molecule has 0 saturated carbocycles. The molecule has 0 aromatic heterocycles. The first-order valence-electron chi connectivity index (χ1n) is 11.6. The average Bonchev–Trinajstić information content (AvgIpc) is 2.82. The Morgan fingerprint density at radius 3 is 2.51 bits per heavy atom. The SMILES string of the molecule is CCOC(=O)C=Cc1ccc(N2CCC(NC[C@@H](O)c3ccc(O)c(NS(C)(=O)=O)c3)CC2)cc1. The number of piperidine rings is 1. The summed E-state index contributed by atoms with van der Waals surface area (Å²) in [5, 5.41) is 23.8. The highest BCUT2D eigenvalue weighted by Gasteiger charge is 2.21. The van der Waals surface area contributed by atoms with E-state index >= 15 is 0 Å². The number of benzene rings is 2. The van der Waals surface area contributed by atoms with E-state index in [0.29, 0.717) is 18.7 Å². The van der Waals surface area contributed by atoms with Gasteiger partial charge in [0.15, 0.2) is 0 Å². The number of hydrogen-bond acceptors (Lipinski definition) is 8. The largest absolute Gasteiger partial charge is 0.506 e. The first-order valence-corrected chi connectivity index (χ1v) is 13.5. The number of aliphatic hydroxyl groups is 1. The van der Waals surface area contributed by atoms with Gasteiger partial charge in [-0.05, 0) is 61.2 Å². The molecule has 0 aliphatic carbocycles. The number of sulfonamides is 1. The minimum Gasteiger partial charge on any atom is -0.506 e. The van der Waals surface area contributed by atoms with Gasteiger partial charge in [0.25, 0.3) is 0 Å². The van der Waals surface area contributed by atoms with Crippen molar-refractivity contribution >= 4 is 33.4 Å². The van der Waals surface area contributed by atoms with Gasteiger partial charge in [-0.15, -0.1) is 0 Å². The number of ether oxygens (including phenoxy) is 1. The fourth-order valence-corrected chi connectivity index (χ4v) is 4.49. The van der Waals surface area contributed by atoms with Crippen LogP contribution in [0.2, 0.25) is 0 Å². The number of aromatic hydroxyl groups is 1. The van der Waals surface area contributed by atoms with Crippen LogP contribution in [0.1, 0.15) is 37.0 Å². The maximum Gasteiger partial charge on any atom is 0.330 e. The quantitative estimate of drug-likeness (QED) is 0.221. The summed E-state index contributed by atoms with van der Waals surface area (Å²) in [7, 11) is -3.54. The van der Waals surface area contributed by atoms with Crippen molar-refractivity contribution in [2.45, 2.75) is 31.9 Å². The van der Waals surface area contributed by atoms with Gasteiger partial charge in [0, 0.05) is 37.4 Å². The molecule has 1 heterocycles. The lowest BCUT2D eigenvalue weighted by molar-refractivity contribution is -0.137. The number of hydrogen-bond donors (Lipinski definition) is 4. The van der Waals surface area contributed by atoms with Crippen LogP contribution in [0.4, 0.5) is 11.4 Å². The molecule has 0 amide bonds. The molecular weight excluding hydrogens is 470 g/mol. The third kappa shape index (κ3) is 8.27. The van der Waals surface area contributed by atoms with Gasteiger partial charge in [0.1, 0.15) is 5.75 Å². The van der Waals surface area contributed by atoms with Crippen molar-refractivity contribution in [2.24, 2.45) is 0 Å². The minimum atomic E-state index is -3.54. The zero-order valence-corrected chi connectivity index (χ0v) is 20.8. The summed E-state index contributed by atoms with van der Waals surface area (Å²) >= 11 is 0. The van der Waals surface area contributed by atoms with Crippen molar-refractivity contribution in [2.75, 3.05) is 42.1 Å². The van der Waals surface area contributed by atoms with Gasteiger partial charge in [0.2, 0.25) is 10.0 Å². The molecule has 1 aliphatic rings. The van der Waals surface area contributed by atoms with Crippen LogP contribution in [0.15, 0.2) is 48.5 Å². The molecule has 4 N–H and O–H groups in total. The van der Waals surface area contributed by atoms with E-state index < -0.39 is 16.1 Å². The van der Waals surface area contributed by atoms with E-state index in [0.717, 1.165) is 43.4 Å². The van der Waals surface area contributed by atoms with E-state index in [1.807, 2.05) is 24.3 Å². The highest BCUT2D eigenvalue weighted by atomic mass is 32.2. The van der Waals surface area contributed by atoms with Crippen molar-refractivity contribution < 1.29 is 28.2 Å². The number of carbonyl (C=O) groups is 1. The smallest absolute Gasteiger partial charge is 0.330 e. The third-order valence-electron chi connectivity index (χ3n) is 5.75. The molecule has 2 aromatic rings. The molecule has 190 valence electrons. The van der Waals surface area contributed by atoms with Gasteiger partial charge < -0.3 is 25.2 Å². The fraction of sp³-hybridized carbons (Fsp3) is 0.400. The lowest BCUT2D eigenvalue weighted by Gasteiger charge is -2.34.